The van der Waals surface area contributed by atoms with E-state index in [0.717, 1.165) is 21.2 Å². The van der Waals surface area contributed by atoms with Gasteiger partial charge < -0.3 is 5.32 Å². The average Bonchev–Trinajstić information content (AvgIpc) is 3.17. The largest absolute Gasteiger partial charge is 0.305 e. The van der Waals surface area contributed by atoms with E-state index < -0.39 is 0 Å². The van der Waals surface area contributed by atoms with Gasteiger partial charge in [0.05, 0.1) is 11.1 Å². The Kier molecular flexibility index (Phi) is 2.89. The number of hydrogen-bond donors (Lipinski definition) is 1. The number of carbonyl (C=O) groups excluding carboxylic acids is 1. The molecule has 1 amide bonds. The van der Waals surface area contributed by atoms with Crippen molar-refractivity contribution in [1.82, 2.24) is 14.8 Å². The van der Waals surface area contributed by atoms with E-state index >= 15 is 0 Å². The molecule has 2 heterocycles. The molecule has 6 heteroatoms. The first-order valence-electron chi connectivity index (χ1n) is 6.06. The van der Waals surface area contributed by atoms with Gasteiger partial charge in [0.2, 0.25) is 5.91 Å². The summed E-state index contributed by atoms with van der Waals surface area (Å²) in [5.41, 5.74) is 1.86. The number of aryl methyl sites for hydroxylation is 1. The lowest BCUT2D eigenvalue weighted by Crippen LogP contribution is -2.08. The summed E-state index contributed by atoms with van der Waals surface area (Å²) in [5.74, 6) is 0.792. The van der Waals surface area contributed by atoms with Crippen molar-refractivity contribution in [3.8, 4) is 0 Å². The summed E-state index contributed by atoms with van der Waals surface area (Å²) >= 11 is 3.55. The number of hydrogen-bond acceptors (Lipinski definition) is 3. The van der Waals surface area contributed by atoms with Crippen molar-refractivity contribution < 1.29 is 4.79 Å². The predicted molar refractivity (Wildman–Crippen MR) is 77.0 cm³/mol. The highest BCUT2D eigenvalue weighted by Crippen LogP contribution is 2.43. The van der Waals surface area contributed by atoms with Crippen molar-refractivity contribution in [2.24, 2.45) is 7.05 Å². The maximum absolute atomic E-state index is 11.4. The predicted octanol–water partition coefficient (Wildman–Crippen LogP) is 2.73. The molecule has 3 rings (SSSR count). The second kappa shape index (κ2) is 4.45. The summed E-state index contributed by atoms with van der Waals surface area (Å²) in [4.78, 5) is 16.1. The van der Waals surface area contributed by atoms with Crippen LogP contribution in [0.3, 0.4) is 0 Å². The van der Waals surface area contributed by atoms with Crippen LogP contribution in [-0.2, 0) is 11.8 Å². The topological polar surface area (TPSA) is 59.8 Å². The SMILES string of the molecule is C=CC(=O)Nc1nn(C)c2nc(C3CC3)c(Br)cc12. The molecular weight excluding hydrogens is 308 g/mol. The Bertz CT molecular complexity index is 687. The monoisotopic (exact) mass is 320 g/mol. The molecule has 1 aliphatic carbocycles. The van der Waals surface area contributed by atoms with Crippen molar-refractivity contribution >= 4 is 38.7 Å². The van der Waals surface area contributed by atoms with Gasteiger partial charge >= 0.3 is 0 Å². The summed E-state index contributed by atoms with van der Waals surface area (Å²) in [7, 11) is 1.82. The van der Waals surface area contributed by atoms with E-state index in [1.54, 1.807) is 4.68 Å². The van der Waals surface area contributed by atoms with Crippen LogP contribution in [0.25, 0.3) is 11.0 Å². The average molecular weight is 321 g/mol. The molecule has 0 atom stereocenters. The highest BCUT2D eigenvalue weighted by molar-refractivity contribution is 9.10. The molecule has 19 heavy (non-hydrogen) atoms. The van der Waals surface area contributed by atoms with Crippen LogP contribution >= 0.6 is 15.9 Å². The van der Waals surface area contributed by atoms with Crippen LogP contribution in [0.5, 0.6) is 0 Å². The minimum absolute atomic E-state index is 0.276. The minimum Gasteiger partial charge on any atom is -0.305 e. The second-order valence-electron chi connectivity index (χ2n) is 4.67. The maximum Gasteiger partial charge on any atom is 0.248 e. The number of anilines is 1. The number of carbonyl (C=O) groups is 1. The van der Waals surface area contributed by atoms with Crippen molar-refractivity contribution in [2.45, 2.75) is 18.8 Å². The number of rotatable bonds is 3. The molecular formula is C13H13BrN4O. The van der Waals surface area contributed by atoms with Gasteiger partial charge in [-0.05, 0) is 40.9 Å². The number of pyridine rings is 1. The lowest BCUT2D eigenvalue weighted by atomic mass is 10.2. The Balaban J connectivity index is 2.12. The van der Waals surface area contributed by atoms with E-state index in [1.165, 1.54) is 18.9 Å². The third-order valence-corrected chi connectivity index (χ3v) is 3.82. The van der Waals surface area contributed by atoms with Gasteiger partial charge in [-0.2, -0.15) is 5.10 Å². The number of aromatic nitrogens is 3. The van der Waals surface area contributed by atoms with Crippen LogP contribution < -0.4 is 5.32 Å². The molecule has 0 bridgehead atoms. The quantitative estimate of drug-likeness (QED) is 0.884. The normalized spacial score (nSPS) is 14.6. The van der Waals surface area contributed by atoms with Crippen molar-refractivity contribution in [1.29, 1.82) is 0 Å². The van der Waals surface area contributed by atoms with Crippen LogP contribution in [0.15, 0.2) is 23.2 Å². The first-order chi connectivity index (χ1) is 9.10. The Morgan fingerprint density at radius 3 is 3.00 bits per heavy atom. The molecule has 1 N–H and O–H groups in total. The molecule has 2 aromatic rings. The van der Waals surface area contributed by atoms with Crippen LogP contribution in [-0.4, -0.2) is 20.7 Å². The fourth-order valence-corrected chi connectivity index (χ4v) is 2.71. The van der Waals surface area contributed by atoms with E-state index in [2.05, 4.69) is 37.9 Å². The fourth-order valence-electron chi connectivity index (χ4n) is 2.07. The van der Waals surface area contributed by atoms with Crippen LogP contribution in [0.4, 0.5) is 5.82 Å². The summed E-state index contributed by atoms with van der Waals surface area (Å²) in [6.07, 6.45) is 3.60. The van der Waals surface area contributed by atoms with Crippen molar-refractivity contribution in [3.05, 3.63) is 28.9 Å². The first-order valence-corrected chi connectivity index (χ1v) is 6.86. The Morgan fingerprint density at radius 1 is 1.63 bits per heavy atom. The number of nitrogens with one attached hydrogen (secondary N) is 1. The molecule has 0 spiro atoms. The van der Waals surface area contributed by atoms with Crippen molar-refractivity contribution in [3.63, 3.8) is 0 Å². The molecule has 0 aliphatic heterocycles. The van der Waals surface area contributed by atoms with Gasteiger partial charge in [-0.25, -0.2) is 9.67 Å². The summed E-state index contributed by atoms with van der Waals surface area (Å²) in [6.45, 7) is 3.44. The number of fused-ring (bicyclic) bond motifs is 1. The second-order valence-corrected chi connectivity index (χ2v) is 5.52. The Hall–Kier alpha value is -1.69. The van der Waals surface area contributed by atoms with E-state index in [0.29, 0.717) is 11.7 Å². The highest BCUT2D eigenvalue weighted by Gasteiger charge is 2.28. The van der Waals surface area contributed by atoms with Crippen LogP contribution in [0.2, 0.25) is 0 Å². The standard InChI is InChI=1S/C13H13BrN4O/c1-3-10(19)15-12-8-6-9(14)11(7-4-5-7)16-13(8)18(2)17-12/h3,6-7H,1,4-5H2,2H3,(H,15,17,19). The van der Waals surface area contributed by atoms with E-state index in [9.17, 15) is 4.79 Å². The van der Waals surface area contributed by atoms with Gasteiger partial charge in [-0.1, -0.05) is 6.58 Å². The molecule has 98 valence electrons. The van der Waals surface area contributed by atoms with E-state index in [1.807, 2.05) is 13.1 Å². The highest BCUT2D eigenvalue weighted by atomic mass is 79.9. The molecule has 1 fully saturated rings. The molecule has 0 radical (unpaired) electrons. The summed E-state index contributed by atoms with van der Waals surface area (Å²) < 4.78 is 2.66. The fraction of sp³-hybridized carbons (Fsp3) is 0.308. The number of nitrogens with zero attached hydrogens (tertiary/aromatic N) is 3. The lowest BCUT2D eigenvalue weighted by molar-refractivity contribution is -0.111. The summed E-state index contributed by atoms with van der Waals surface area (Å²) in [6, 6.07) is 1.97. The number of halogens is 1. The molecule has 0 aromatic carbocycles. The summed E-state index contributed by atoms with van der Waals surface area (Å²) in [5, 5.41) is 7.82. The third-order valence-electron chi connectivity index (χ3n) is 3.19. The molecule has 1 saturated carbocycles. The zero-order chi connectivity index (χ0) is 13.6. The number of amides is 1. The third kappa shape index (κ3) is 2.16. The molecule has 0 saturated heterocycles. The van der Waals surface area contributed by atoms with Gasteiger partial charge in [-0.15, -0.1) is 0 Å². The van der Waals surface area contributed by atoms with Gasteiger partial charge in [0, 0.05) is 17.4 Å². The minimum atomic E-state index is -0.276. The van der Waals surface area contributed by atoms with Crippen LogP contribution in [0.1, 0.15) is 24.5 Å². The smallest absolute Gasteiger partial charge is 0.248 e. The van der Waals surface area contributed by atoms with E-state index in [4.69, 9.17) is 0 Å². The van der Waals surface area contributed by atoms with E-state index in [-0.39, 0.29) is 5.91 Å². The molecule has 5 nitrogen and oxygen atoms in total. The van der Waals surface area contributed by atoms with Gasteiger partial charge in [0.1, 0.15) is 0 Å². The molecule has 1 aliphatic rings. The molecule has 0 unspecified atom stereocenters. The molecule has 2 aromatic heterocycles. The van der Waals surface area contributed by atoms with Crippen LogP contribution in [0, 0.1) is 0 Å². The zero-order valence-corrected chi connectivity index (χ0v) is 12.1. The van der Waals surface area contributed by atoms with Crippen molar-refractivity contribution in [2.75, 3.05) is 5.32 Å². The maximum atomic E-state index is 11.4. The Labute approximate surface area is 118 Å². The van der Waals surface area contributed by atoms with Gasteiger partial charge in [0.15, 0.2) is 11.5 Å². The van der Waals surface area contributed by atoms with Gasteiger partial charge in [-0.3, -0.25) is 4.79 Å². The zero-order valence-electron chi connectivity index (χ0n) is 10.5. The first kappa shape index (κ1) is 12.3. The lowest BCUT2D eigenvalue weighted by Gasteiger charge is -2.03. The Morgan fingerprint density at radius 2 is 2.37 bits per heavy atom. The van der Waals surface area contributed by atoms with Gasteiger partial charge in [0.25, 0.3) is 0 Å².